The van der Waals surface area contributed by atoms with Crippen molar-refractivity contribution in [2.75, 3.05) is 13.2 Å². The van der Waals surface area contributed by atoms with Gasteiger partial charge in [-0.3, -0.25) is 0 Å². The minimum Gasteiger partial charge on any atom is -0.396 e. The predicted octanol–water partition coefficient (Wildman–Crippen LogP) is 5.18. The maximum Gasteiger partial charge on any atom is 0.0474 e. The molecule has 3 heteroatoms. The van der Waals surface area contributed by atoms with E-state index in [1.54, 1.807) is 0 Å². The first-order valence-corrected chi connectivity index (χ1v) is 9.52. The standard InChI is InChI=1S/C22H30ClNO/c1-16(2)12-22(20-10-6-4-8-17(20)3)24-14-18(15-25)13-19-9-5-7-11-21(19)23/h4-11,16,18,22,24-25H,12-15H2,1-3H3. The fraction of sp³-hybridized carbons (Fsp3) is 0.455. The number of benzene rings is 2. The van der Waals surface area contributed by atoms with E-state index in [-0.39, 0.29) is 12.5 Å². The molecular weight excluding hydrogens is 330 g/mol. The average Bonchev–Trinajstić information content (AvgIpc) is 2.59. The lowest BCUT2D eigenvalue weighted by atomic mass is 9.92. The minimum absolute atomic E-state index is 0.151. The van der Waals surface area contributed by atoms with Crippen LogP contribution >= 0.6 is 11.6 Å². The molecule has 2 rings (SSSR count). The van der Waals surface area contributed by atoms with Gasteiger partial charge in [0.15, 0.2) is 0 Å². The fourth-order valence-corrected chi connectivity index (χ4v) is 3.47. The molecule has 0 aromatic heterocycles. The molecule has 0 radical (unpaired) electrons. The highest BCUT2D eigenvalue weighted by atomic mass is 35.5. The van der Waals surface area contributed by atoms with E-state index in [1.165, 1.54) is 11.1 Å². The van der Waals surface area contributed by atoms with Crippen LogP contribution in [0.5, 0.6) is 0 Å². The molecule has 0 aliphatic heterocycles. The molecule has 2 aromatic carbocycles. The molecule has 2 aromatic rings. The van der Waals surface area contributed by atoms with Crippen LogP contribution in [0, 0.1) is 18.8 Å². The normalized spacial score (nSPS) is 13.8. The van der Waals surface area contributed by atoms with Crippen LogP contribution in [-0.2, 0) is 6.42 Å². The first kappa shape index (κ1) is 20.0. The first-order chi connectivity index (χ1) is 12.0. The Balaban J connectivity index is 2.05. The van der Waals surface area contributed by atoms with E-state index < -0.39 is 0 Å². The number of rotatable bonds is 9. The van der Waals surface area contributed by atoms with Gasteiger partial charge in [-0.05, 0) is 54.4 Å². The Hall–Kier alpha value is -1.35. The number of hydrogen-bond acceptors (Lipinski definition) is 2. The van der Waals surface area contributed by atoms with E-state index in [4.69, 9.17) is 11.6 Å². The van der Waals surface area contributed by atoms with Crippen molar-refractivity contribution >= 4 is 11.6 Å². The fourth-order valence-electron chi connectivity index (χ4n) is 3.25. The van der Waals surface area contributed by atoms with E-state index in [1.807, 2.05) is 24.3 Å². The molecule has 0 amide bonds. The van der Waals surface area contributed by atoms with Gasteiger partial charge < -0.3 is 10.4 Å². The van der Waals surface area contributed by atoms with Gasteiger partial charge in [-0.2, -0.15) is 0 Å². The number of nitrogens with one attached hydrogen (secondary N) is 1. The highest BCUT2D eigenvalue weighted by Gasteiger charge is 2.18. The lowest BCUT2D eigenvalue weighted by molar-refractivity contribution is 0.216. The molecule has 0 spiro atoms. The van der Waals surface area contributed by atoms with Crippen LogP contribution in [0.1, 0.15) is 43.0 Å². The summed E-state index contributed by atoms with van der Waals surface area (Å²) in [6, 6.07) is 16.7. The number of aryl methyl sites for hydroxylation is 1. The van der Waals surface area contributed by atoms with Crippen molar-refractivity contribution in [3.8, 4) is 0 Å². The minimum atomic E-state index is 0.151. The highest BCUT2D eigenvalue weighted by Crippen LogP contribution is 2.25. The summed E-state index contributed by atoms with van der Waals surface area (Å²) in [5.74, 6) is 0.756. The van der Waals surface area contributed by atoms with Crippen molar-refractivity contribution in [3.05, 3.63) is 70.2 Å². The zero-order chi connectivity index (χ0) is 18.2. The Bertz CT molecular complexity index is 656. The Morgan fingerprint density at radius 1 is 1.04 bits per heavy atom. The van der Waals surface area contributed by atoms with Crippen molar-refractivity contribution in [3.63, 3.8) is 0 Å². The molecule has 0 fully saturated rings. The molecular formula is C22H30ClNO. The van der Waals surface area contributed by atoms with Gasteiger partial charge in [-0.1, -0.05) is 67.9 Å². The van der Waals surface area contributed by atoms with Crippen molar-refractivity contribution < 1.29 is 5.11 Å². The van der Waals surface area contributed by atoms with Crippen LogP contribution in [0.3, 0.4) is 0 Å². The smallest absolute Gasteiger partial charge is 0.0474 e. The van der Waals surface area contributed by atoms with Crippen LogP contribution in [-0.4, -0.2) is 18.3 Å². The summed E-state index contributed by atoms with van der Waals surface area (Å²) in [5.41, 5.74) is 3.76. The van der Waals surface area contributed by atoms with Crippen LogP contribution < -0.4 is 5.32 Å². The van der Waals surface area contributed by atoms with E-state index in [0.717, 1.165) is 30.0 Å². The second-order valence-corrected chi connectivity index (χ2v) is 7.70. The molecule has 0 aliphatic rings. The summed E-state index contributed by atoms with van der Waals surface area (Å²) in [6.07, 6.45) is 1.86. The molecule has 0 saturated carbocycles. The second kappa shape index (κ2) is 9.96. The average molecular weight is 360 g/mol. The van der Waals surface area contributed by atoms with Gasteiger partial charge in [-0.15, -0.1) is 0 Å². The Morgan fingerprint density at radius 3 is 2.36 bits per heavy atom. The van der Waals surface area contributed by atoms with Crippen molar-refractivity contribution in [1.29, 1.82) is 0 Å². The summed E-state index contributed by atoms with van der Waals surface area (Å²) in [5, 5.41) is 14.3. The molecule has 2 nitrogen and oxygen atoms in total. The number of aliphatic hydroxyl groups excluding tert-OH is 1. The van der Waals surface area contributed by atoms with Crippen LogP contribution in [0.4, 0.5) is 0 Å². The Kier molecular flexibility index (Phi) is 7.95. The van der Waals surface area contributed by atoms with Crippen molar-refractivity contribution in [2.24, 2.45) is 11.8 Å². The first-order valence-electron chi connectivity index (χ1n) is 9.14. The maximum atomic E-state index is 9.82. The third-order valence-corrected chi connectivity index (χ3v) is 5.02. The molecule has 2 N–H and O–H groups in total. The van der Waals surface area contributed by atoms with E-state index >= 15 is 0 Å². The van der Waals surface area contributed by atoms with Crippen LogP contribution in [0.15, 0.2) is 48.5 Å². The van der Waals surface area contributed by atoms with E-state index in [2.05, 4.69) is 50.4 Å². The predicted molar refractivity (Wildman–Crippen MR) is 107 cm³/mol. The zero-order valence-electron chi connectivity index (χ0n) is 15.5. The molecule has 136 valence electrons. The van der Waals surface area contributed by atoms with Gasteiger partial charge >= 0.3 is 0 Å². The SMILES string of the molecule is Cc1ccccc1C(CC(C)C)NCC(CO)Cc1ccccc1Cl. The van der Waals surface area contributed by atoms with Crippen LogP contribution in [0.25, 0.3) is 0 Å². The second-order valence-electron chi connectivity index (χ2n) is 7.29. The molecule has 2 atom stereocenters. The van der Waals surface area contributed by atoms with Gasteiger partial charge in [0.2, 0.25) is 0 Å². The summed E-state index contributed by atoms with van der Waals surface area (Å²) < 4.78 is 0. The number of halogens is 1. The summed E-state index contributed by atoms with van der Waals surface area (Å²) in [6.45, 7) is 7.59. The monoisotopic (exact) mass is 359 g/mol. The summed E-state index contributed by atoms with van der Waals surface area (Å²) in [7, 11) is 0. The molecule has 25 heavy (non-hydrogen) atoms. The quantitative estimate of drug-likeness (QED) is 0.646. The van der Waals surface area contributed by atoms with Crippen molar-refractivity contribution in [1.82, 2.24) is 5.32 Å². The van der Waals surface area contributed by atoms with Crippen LogP contribution in [0.2, 0.25) is 5.02 Å². The van der Waals surface area contributed by atoms with E-state index in [0.29, 0.717) is 12.0 Å². The summed E-state index contributed by atoms with van der Waals surface area (Å²) in [4.78, 5) is 0. The zero-order valence-corrected chi connectivity index (χ0v) is 16.3. The maximum absolute atomic E-state index is 9.82. The largest absolute Gasteiger partial charge is 0.396 e. The van der Waals surface area contributed by atoms with Gasteiger partial charge in [-0.25, -0.2) is 0 Å². The lowest BCUT2D eigenvalue weighted by Gasteiger charge is -2.25. The summed E-state index contributed by atoms with van der Waals surface area (Å²) >= 11 is 6.27. The van der Waals surface area contributed by atoms with Crippen molar-refractivity contribution in [2.45, 2.75) is 39.7 Å². The molecule has 0 heterocycles. The topological polar surface area (TPSA) is 32.3 Å². The molecule has 0 bridgehead atoms. The van der Waals surface area contributed by atoms with Gasteiger partial charge in [0.05, 0.1) is 0 Å². The lowest BCUT2D eigenvalue weighted by Crippen LogP contribution is -2.31. The third kappa shape index (κ3) is 6.14. The van der Waals surface area contributed by atoms with Gasteiger partial charge in [0.25, 0.3) is 0 Å². The Morgan fingerprint density at radius 2 is 1.72 bits per heavy atom. The third-order valence-electron chi connectivity index (χ3n) is 4.65. The molecule has 2 unspecified atom stereocenters. The highest BCUT2D eigenvalue weighted by molar-refractivity contribution is 6.31. The van der Waals surface area contributed by atoms with E-state index in [9.17, 15) is 5.11 Å². The van der Waals surface area contributed by atoms with Gasteiger partial charge in [0.1, 0.15) is 0 Å². The molecule has 0 aliphatic carbocycles. The molecule has 0 saturated heterocycles. The number of hydrogen-bond donors (Lipinski definition) is 2. The Labute approximate surface area is 157 Å². The van der Waals surface area contributed by atoms with Gasteiger partial charge in [0, 0.05) is 24.2 Å². The number of aliphatic hydroxyl groups is 1.